The summed E-state index contributed by atoms with van der Waals surface area (Å²) in [5.41, 5.74) is 1.77. The first-order valence-corrected chi connectivity index (χ1v) is 9.85. The van der Waals surface area contributed by atoms with Crippen molar-refractivity contribution in [3.05, 3.63) is 24.3 Å². The predicted octanol–water partition coefficient (Wildman–Crippen LogP) is 2.15. The monoisotopic (exact) mass is 398 g/mol. The number of carbonyl (C=O) groups is 2. The maximum absolute atomic E-state index is 11.6. The molecule has 2 N–H and O–H groups in total. The second-order valence-electron chi connectivity index (χ2n) is 5.00. The number of hydrogen-bond acceptors (Lipinski definition) is 8. The molecule has 0 spiro atoms. The van der Waals surface area contributed by atoms with Crippen LogP contribution in [-0.2, 0) is 9.59 Å². The molecule has 126 valence electrons. The van der Waals surface area contributed by atoms with Gasteiger partial charge in [0.15, 0.2) is 0 Å². The molecular formula is C14H14N4O2S4. The van der Waals surface area contributed by atoms with Gasteiger partial charge in [-0.2, -0.15) is 0 Å². The molecule has 3 rings (SSSR count). The Morgan fingerprint density at radius 2 is 1.21 bits per heavy atom. The molecule has 2 amide bonds. The summed E-state index contributed by atoms with van der Waals surface area (Å²) in [5.74, 6) is 0.886. The number of amides is 2. The normalized spacial score (nSPS) is 17.8. The van der Waals surface area contributed by atoms with Gasteiger partial charge in [-0.3, -0.25) is 19.4 Å². The van der Waals surface area contributed by atoms with Crippen molar-refractivity contribution in [2.75, 3.05) is 35.5 Å². The van der Waals surface area contributed by atoms with E-state index in [-0.39, 0.29) is 11.8 Å². The van der Waals surface area contributed by atoms with Crippen molar-refractivity contribution in [2.45, 2.75) is 0 Å². The predicted molar refractivity (Wildman–Crippen MR) is 107 cm³/mol. The molecule has 2 saturated heterocycles. The highest BCUT2D eigenvalue weighted by Crippen LogP contribution is 2.21. The van der Waals surface area contributed by atoms with Crippen molar-refractivity contribution < 1.29 is 9.59 Å². The molecule has 2 aliphatic rings. The van der Waals surface area contributed by atoms with Gasteiger partial charge >= 0.3 is 0 Å². The van der Waals surface area contributed by atoms with E-state index in [4.69, 9.17) is 24.4 Å². The lowest BCUT2D eigenvalue weighted by molar-refractivity contribution is -0.124. The smallest absolute Gasteiger partial charge is 0.239 e. The average molecular weight is 399 g/mol. The van der Waals surface area contributed by atoms with E-state index in [0.717, 1.165) is 11.4 Å². The number of hydrogen-bond donors (Lipinski definition) is 2. The topological polar surface area (TPSA) is 64.7 Å². The number of carbonyl (C=O) groups excluding carboxylic acids is 2. The van der Waals surface area contributed by atoms with Crippen LogP contribution in [0.3, 0.4) is 0 Å². The Hall–Kier alpha value is -1.36. The van der Waals surface area contributed by atoms with E-state index in [1.807, 2.05) is 24.3 Å². The Bertz CT molecular complexity index is 604. The maximum Gasteiger partial charge on any atom is 0.239 e. The Balaban J connectivity index is 1.50. The molecule has 6 nitrogen and oxygen atoms in total. The number of benzene rings is 1. The largest absolute Gasteiger partial charge is 0.367 e. The molecule has 0 aliphatic carbocycles. The van der Waals surface area contributed by atoms with Crippen molar-refractivity contribution >= 4 is 79.8 Å². The van der Waals surface area contributed by atoms with Gasteiger partial charge in [-0.1, -0.05) is 48.0 Å². The van der Waals surface area contributed by atoms with Crippen molar-refractivity contribution in [1.82, 2.24) is 9.80 Å². The van der Waals surface area contributed by atoms with Crippen LogP contribution >= 0.6 is 48.0 Å². The fourth-order valence-electron chi connectivity index (χ4n) is 2.11. The summed E-state index contributed by atoms with van der Waals surface area (Å²) < 4.78 is 1.21. The van der Waals surface area contributed by atoms with Gasteiger partial charge in [0, 0.05) is 11.4 Å². The lowest BCUT2D eigenvalue weighted by Gasteiger charge is -2.18. The number of thioether (sulfide) groups is 2. The van der Waals surface area contributed by atoms with Crippen LogP contribution in [0.1, 0.15) is 0 Å². The fraction of sp³-hybridized carbons (Fsp3) is 0.286. The second kappa shape index (κ2) is 7.68. The average Bonchev–Trinajstić information content (AvgIpc) is 3.07. The van der Waals surface area contributed by atoms with Gasteiger partial charge < -0.3 is 10.6 Å². The molecule has 2 fully saturated rings. The summed E-state index contributed by atoms with van der Waals surface area (Å²) >= 11 is 13.0. The van der Waals surface area contributed by atoms with Crippen molar-refractivity contribution in [3.8, 4) is 0 Å². The Kier molecular flexibility index (Phi) is 5.59. The number of anilines is 2. The summed E-state index contributed by atoms with van der Waals surface area (Å²) in [6, 6.07) is 7.60. The van der Waals surface area contributed by atoms with Crippen LogP contribution in [0.25, 0.3) is 0 Å². The zero-order valence-corrected chi connectivity index (χ0v) is 15.7. The Morgan fingerprint density at radius 1 is 0.833 bits per heavy atom. The fourth-order valence-corrected chi connectivity index (χ4v) is 4.25. The van der Waals surface area contributed by atoms with Gasteiger partial charge in [0.25, 0.3) is 0 Å². The summed E-state index contributed by atoms with van der Waals surface area (Å²) in [7, 11) is 0. The molecule has 1 aromatic carbocycles. The van der Waals surface area contributed by atoms with Crippen LogP contribution in [0.15, 0.2) is 24.3 Å². The lowest BCUT2D eigenvalue weighted by atomic mass is 10.3. The highest BCUT2D eigenvalue weighted by molar-refractivity contribution is 8.24. The minimum atomic E-state index is 0.0277. The number of nitrogens with zero attached hydrogens (tertiary/aromatic N) is 2. The zero-order valence-electron chi connectivity index (χ0n) is 12.5. The quantitative estimate of drug-likeness (QED) is 0.707. The van der Waals surface area contributed by atoms with Gasteiger partial charge in [0.1, 0.15) is 8.64 Å². The molecule has 10 heteroatoms. The van der Waals surface area contributed by atoms with E-state index in [1.54, 1.807) is 9.80 Å². The molecule has 1 aromatic rings. The van der Waals surface area contributed by atoms with Gasteiger partial charge in [-0.15, -0.1) is 0 Å². The second-order valence-corrected chi connectivity index (χ2v) is 8.22. The standard InChI is InChI=1S/C14H14N4O2S4/c19-11-5-23-13(21)17(11)7-15-9-1-2-10(4-3-9)16-8-18-12(20)6-24-14(18)22/h1-4,15-16H,5-8H2. The third-order valence-corrected chi connectivity index (χ3v) is 6.31. The van der Waals surface area contributed by atoms with Gasteiger partial charge in [-0.05, 0) is 24.3 Å². The first-order valence-electron chi connectivity index (χ1n) is 7.06. The van der Waals surface area contributed by atoms with Crippen molar-refractivity contribution in [2.24, 2.45) is 0 Å². The van der Waals surface area contributed by atoms with E-state index in [2.05, 4.69) is 10.6 Å². The number of nitrogens with one attached hydrogen (secondary N) is 2. The van der Waals surface area contributed by atoms with Crippen LogP contribution in [0.2, 0.25) is 0 Å². The van der Waals surface area contributed by atoms with E-state index < -0.39 is 0 Å². The maximum atomic E-state index is 11.6. The van der Waals surface area contributed by atoms with Gasteiger partial charge in [0.2, 0.25) is 11.8 Å². The van der Waals surface area contributed by atoms with E-state index >= 15 is 0 Å². The molecular weight excluding hydrogens is 384 g/mol. The van der Waals surface area contributed by atoms with E-state index in [1.165, 1.54) is 23.5 Å². The SMILES string of the molecule is O=C1CSC(=S)N1CNc1ccc(NCN2C(=O)CSC2=S)cc1. The number of rotatable bonds is 6. The molecule has 0 atom stereocenters. The first-order chi connectivity index (χ1) is 11.5. The molecule has 0 aromatic heterocycles. The molecule has 0 saturated carbocycles. The molecule has 0 unspecified atom stereocenters. The summed E-state index contributed by atoms with van der Waals surface area (Å²) in [6.07, 6.45) is 0. The van der Waals surface area contributed by atoms with Crippen LogP contribution < -0.4 is 10.6 Å². The van der Waals surface area contributed by atoms with Gasteiger partial charge in [-0.25, -0.2) is 0 Å². The minimum absolute atomic E-state index is 0.0277. The molecule has 2 aliphatic heterocycles. The van der Waals surface area contributed by atoms with Crippen molar-refractivity contribution in [3.63, 3.8) is 0 Å². The molecule has 0 radical (unpaired) electrons. The van der Waals surface area contributed by atoms with E-state index in [0.29, 0.717) is 33.5 Å². The minimum Gasteiger partial charge on any atom is -0.367 e. The van der Waals surface area contributed by atoms with Crippen molar-refractivity contribution in [1.29, 1.82) is 0 Å². The summed E-state index contributed by atoms with van der Waals surface area (Å²) in [5, 5.41) is 6.35. The summed E-state index contributed by atoms with van der Waals surface area (Å²) in [4.78, 5) is 26.4. The third-order valence-electron chi connectivity index (χ3n) is 3.45. The molecule has 0 bridgehead atoms. The highest BCUT2D eigenvalue weighted by Gasteiger charge is 2.26. The van der Waals surface area contributed by atoms with Crippen LogP contribution in [-0.4, -0.2) is 55.1 Å². The zero-order chi connectivity index (χ0) is 17.1. The Morgan fingerprint density at radius 3 is 1.50 bits per heavy atom. The van der Waals surface area contributed by atoms with Crippen LogP contribution in [0.5, 0.6) is 0 Å². The van der Waals surface area contributed by atoms with E-state index in [9.17, 15) is 9.59 Å². The van der Waals surface area contributed by atoms with Crippen LogP contribution in [0.4, 0.5) is 11.4 Å². The highest BCUT2D eigenvalue weighted by atomic mass is 32.2. The molecule has 24 heavy (non-hydrogen) atoms. The Labute approximate surface area is 158 Å². The first kappa shape index (κ1) is 17.5. The number of thiocarbonyl (C=S) groups is 2. The summed E-state index contributed by atoms with van der Waals surface area (Å²) in [6.45, 7) is 0.733. The molecule has 2 heterocycles. The third kappa shape index (κ3) is 4.00. The lowest BCUT2D eigenvalue weighted by Crippen LogP contribution is -2.33. The van der Waals surface area contributed by atoms with Crippen LogP contribution in [0, 0.1) is 0 Å². The van der Waals surface area contributed by atoms with Gasteiger partial charge in [0.05, 0.1) is 24.8 Å².